The molecule has 192 valence electrons. The smallest absolute Gasteiger partial charge is 0.253 e. The van der Waals surface area contributed by atoms with Gasteiger partial charge in [0.1, 0.15) is 16.5 Å². The Morgan fingerprint density at radius 1 is 0.892 bits per heavy atom. The molecule has 6 heteroatoms. The zero-order chi connectivity index (χ0) is 26.2. The number of thiophene rings is 1. The summed E-state index contributed by atoms with van der Waals surface area (Å²) in [5.41, 5.74) is 4.65. The maximum absolute atomic E-state index is 13.2. The molecule has 1 amide bonds. The summed E-state index contributed by atoms with van der Waals surface area (Å²) in [5.74, 6) is 2.03. The normalized spacial score (nSPS) is 14.4. The minimum absolute atomic E-state index is 0.0775. The SMILES string of the molecule is Cc1sc2nc(CCc3ccccc3)nc(N3CCN(C(=O)c4ccc(C(C)(C)C)cc4)CC3)c2c1C. The first-order valence-electron chi connectivity index (χ1n) is 13.2. The molecule has 2 aromatic carbocycles. The molecule has 5 nitrogen and oxygen atoms in total. The Bertz CT molecular complexity index is 1400. The summed E-state index contributed by atoms with van der Waals surface area (Å²) in [5, 5.41) is 1.17. The Labute approximate surface area is 224 Å². The summed E-state index contributed by atoms with van der Waals surface area (Å²) in [4.78, 5) is 30.0. The van der Waals surface area contributed by atoms with Crippen molar-refractivity contribution in [3.8, 4) is 0 Å². The lowest BCUT2D eigenvalue weighted by Crippen LogP contribution is -2.49. The number of aromatic nitrogens is 2. The lowest BCUT2D eigenvalue weighted by molar-refractivity contribution is 0.0746. The molecule has 0 saturated carbocycles. The number of fused-ring (bicyclic) bond motifs is 1. The molecule has 1 aliphatic rings. The van der Waals surface area contributed by atoms with Crippen molar-refractivity contribution >= 4 is 33.3 Å². The summed E-state index contributed by atoms with van der Waals surface area (Å²) in [7, 11) is 0. The van der Waals surface area contributed by atoms with Crippen LogP contribution in [-0.4, -0.2) is 47.0 Å². The van der Waals surface area contributed by atoms with Gasteiger partial charge in [0.05, 0.1) is 5.39 Å². The van der Waals surface area contributed by atoms with Crippen LogP contribution in [0.1, 0.15) is 58.5 Å². The maximum Gasteiger partial charge on any atom is 0.253 e. The number of anilines is 1. The van der Waals surface area contributed by atoms with Gasteiger partial charge in [-0.05, 0) is 54.5 Å². The van der Waals surface area contributed by atoms with Crippen LogP contribution in [0.3, 0.4) is 0 Å². The van der Waals surface area contributed by atoms with E-state index in [-0.39, 0.29) is 11.3 Å². The van der Waals surface area contributed by atoms with E-state index in [1.807, 2.05) is 23.1 Å². The molecule has 0 bridgehead atoms. The minimum atomic E-state index is 0.0775. The fourth-order valence-electron chi connectivity index (χ4n) is 4.93. The van der Waals surface area contributed by atoms with Crippen molar-refractivity contribution < 1.29 is 4.79 Å². The van der Waals surface area contributed by atoms with E-state index in [0.29, 0.717) is 13.1 Å². The predicted octanol–water partition coefficient (Wildman–Crippen LogP) is 6.35. The monoisotopic (exact) mass is 512 g/mol. The second kappa shape index (κ2) is 10.3. The number of rotatable bonds is 5. The number of hydrogen-bond acceptors (Lipinski definition) is 5. The number of nitrogens with zero attached hydrogens (tertiary/aromatic N) is 4. The van der Waals surface area contributed by atoms with Gasteiger partial charge in [-0.2, -0.15) is 0 Å². The highest BCUT2D eigenvalue weighted by Crippen LogP contribution is 2.35. The van der Waals surface area contributed by atoms with Gasteiger partial charge in [-0.25, -0.2) is 9.97 Å². The van der Waals surface area contributed by atoms with Crippen molar-refractivity contribution in [2.45, 2.75) is 52.9 Å². The third-order valence-corrected chi connectivity index (χ3v) is 8.50. The van der Waals surface area contributed by atoms with Gasteiger partial charge in [-0.15, -0.1) is 11.3 Å². The number of piperazine rings is 1. The van der Waals surface area contributed by atoms with Crippen LogP contribution >= 0.6 is 11.3 Å². The van der Waals surface area contributed by atoms with Crippen LogP contribution in [0.25, 0.3) is 10.2 Å². The van der Waals surface area contributed by atoms with Crippen LogP contribution < -0.4 is 4.90 Å². The topological polar surface area (TPSA) is 49.3 Å². The number of amides is 1. The number of carbonyl (C=O) groups excluding carboxylic acids is 1. The molecule has 37 heavy (non-hydrogen) atoms. The first-order valence-corrected chi connectivity index (χ1v) is 14.0. The van der Waals surface area contributed by atoms with Crippen molar-refractivity contribution in [3.63, 3.8) is 0 Å². The van der Waals surface area contributed by atoms with Crippen molar-refractivity contribution in [3.05, 3.63) is 87.6 Å². The largest absolute Gasteiger partial charge is 0.352 e. The van der Waals surface area contributed by atoms with Gasteiger partial charge in [0.2, 0.25) is 0 Å². The quantitative estimate of drug-likeness (QED) is 0.312. The fraction of sp³-hybridized carbons (Fsp3) is 0.387. The van der Waals surface area contributed by atoms with Crippen molar-refractivity contribution in [2.75, 3.05) is 31.1 Å². The summed E-state index contributed by atoms with van der Waals surface area (Å²) < 4.78 is 0. The molecule has 4 aromatic rings. The molecule has 0 spiro atoms. The molecule has 2 aromatic heterocycles. The second-order valence-electron chi connectivity index (χ2n) is 11.0. The highest BCUT2D eigenvalue weighted by atomic mass is 32.1. The summed E-state index contributed by atoms with van der Waals surface area (Å²) in [6.45, 7) is 13.8. The number of benzene rings is 2. The number of hydrogen-bond donors (Lipinski definition) is 0. The van der Waals surface area contributed by atoms with Gasteiger partial charge in [-0.3, -0.25) is 4.79 Å². The zero-order valence-corrected chi connectivity index (χ0v) is 23.4. The van der Waals surface area contributed by atoms with Crippen LogP contribution in [0.4, 0.5) is 5.82 Å². The molecule has 1 saturated heterocycles. The lowest BCUT2D eigenvalue weighted by Gasteiger charge is -2.36. The summed E-state index contributed by atoms with van der Waals surface area (Å²) >= 11 is 1.76. The fourth-order valence-corrected chi connectivity index (χ4v) is 5.97. The molecule has 0 radical (unpaired) electrons. The lowest BCUT2D eigenvalue weighted by atomic mass is 9.86. The number of aryl methyl sites for hydroxylation is 4. The Kier molecular flexibility index (Phi) is 7.04. The van der Waals surface area contributed by atoms with Crippen LogP contribution in [0, 0.1) is 13.8 Å². The van der Waals surface area contributed by atoms with Crippen LogP contribution in [-0.2, 0) is 18.3 Å². The molecule has 0 unspecified atom stereocenters. The summed E-state index contributed by atoms with van der Waals surface area (Å²) in [6.07, 6.45) is 1.73. The molecule has 0 aliphatic carbocycles. The zero-order valence-electron chi connectivity index (χ0n) is 22.5. The molecule has 5 rings (SSSR count). The van der Waals surface area contributed by atoms with Crippen LogP contribution in [0.2, 0.25) is 0 Å². The van der Waals surface area contributed by atoms with Gasteiger partial charge in [0, 0.05) is 43.0 Å². The van der Waals surface area contributed by atoms with E-state index in [4.69, 9.17) is 9.97 Å². The van der Waals surface area contributed by atoms with E-state index in [1.54, 1.807) is 11.3 Å². The first-order chi connectivity index (χ1) is 17.7. The highest BCUT2D eigenvalue weighted by molar-refractivity contribution is 7.18. The van der Waals surface area contributed by atoms with Gasteiger partial charge in [0.25, 0.3) is 5.91 Å². The molecular weight excluding hydrogens is 476 g/mol. The average Bonchev–Trinajstić information content (AvgIpc) is 3.20. The van der Waals surface area contributed by atoms with E-state index in [1.165, 1.54) is 27.0 Å². The molecule has 0 N–H and O–H groups in total. The van der Waals surface area contributed by atoms with Gasteiger partial charge in [0.15, 0.2) is 0 Å². The Morgan fingerprint density at radius 3 is 2.22 bits per heavy atom. The van der Waals surface area contributed by atoms with E-state index in [9.17, 15) is 4.79 Å². The van der Waals surface area contributed by atoms with Crippen LogP contribution in [0.15, 0.2) is 54.6 Å². The molecule has 0 atom stereocenters. The summed E-state index contributed by atoms with van der Waals surface area (Å²) in [6, 6.07) is 18.6. The predicted molar refractivity (Wildman–Crippen MR) is 154 cm³/mol. The Hall–Kier alpha value is -3.25. The third kappa shape index (κ3) is 5.40. The molecule has 3 heterocycles. The third-order valence-electron chi connectivity index (χ3n) is 7.40. The molecule has 1 aliphatic heterocycles. The standard InChI is InChI=1S/C31H36N4OS/c1-21-22(2)37-29-27(21)28(32-26(33-29)16-11-23-9-7-6-8-10-23)34-17-19-35(20-18-34)30(36)24-12-14-25(15-13-24)31(3,4)5/h6-10,12-15H,11,16-20H2,1-5H3. The van der Waals surface area contributed by atoms with E-state index in [0.717, 1.165) is 48.0 Å². The van der Waals surface area contributed by atoms with E-state index < -0.39 is 0 Å². The van der Waals surface area contributed by atoms with Gasteiger partial charge in [-0.1, -0.05) is 63.2 Å². The van der Waals surface area contributed by atoms with Crippen molar-refractivity contribution in [1.29, 1.82) is 0 Å². The number of carbonyl (C=O) groups is 1. The van der Waals surface area contributed by atoms with Gasteiger partial charge < -0.3 is 9.80 Å². The Balaban J connectivity index is 1.33. The van der Waals surface area contributed by atoms with E-state index in [2.05, 4.69) is 75.9 Å². The maximum atomic E-state index is 13.2. The van der Waals surface area contributed by atoms with Crippen molar-refractivity contribution in [1.82, 2.24) is 14.9 Å². The second-order valence-corrected chi connectivity index (χ2v) is 12.2. The first kappa shape index (κ1) is 25.4. The minimum Gasteiger partial charge on any atom is -0.352 e. The average molecular weight is 513 g/mol. The Morgan fingerprint density at radius 2 is 1.57 bits per heavy atom. The molecule has 1 fully saturated rings. The van der Waals surface area contributed by atoms with E-state index >= 15 is 0 Å². The van der Waals surface area contributed by atoms with Gasteiger partial charge >= 0.3 is 0 Å². The van der Waals surface area contributed by atoms with Crippen LogP contribution in [0.5, 0.6) is 0 Å². The highest BCUT2D eigenvalue weighted by Gasteiger charge is 2.26. The van der Waals surface area contributed by atoms with Crippen molar-refractivity contribution in [2.24, 2.45) is 0 Å². The molecular formula is C31H36N4OS.